The molecule has 1 atom stereocenters. The largest absolute Gasteiger partial charge is 0.611 e. The monoisotopic (exact) mass is 209 g/mol. The lowest BCUT2D eigenvalue weighted by Crippen LogP contribution is -2.19. The second-order valence-electron chi connectivity index (χ2n) is 3.99. The molecule has 2 rings (SSSR count). The van der Waals surface area contributed by atoms with E-state index in [1.165, 1.54) is 5.56 Å². The zero-order valence-corrected chi connectivity index (χ0v) is 9.43. The van der Waals surface area contributed by atoms with Gasteiger partial charge in [0, 0.05) is 17.7 Å². The first-order valence-electron chi connectivity index (χ1n) is 5.06. The number of aryl methyl sites for hydroxylation is 1. The number of hydrogen-bond acceptors (Lipinski definition) is 2. The Hall–Kier alpha value is -0.540. The molecule has 3 heteroatoms. The van der Waals surface area contributed by atoms with Crippen LogP contribution in [-0.2, 0) is 17.6 Å². The lowest BCUT2D eigenvalue weighted by Gasteiger charge is -2.22. The van der Waals surface area contributed by atoms with Crippen molar-refractivity contribution in [2.45, 2.75) is 37.5 Å². The van der Waals surface area contributed by atoms with Crippen LogP contribution in [0, 0.1) is 0 Å². The molecule has 1 aliphatic rings. The molecule has 2 heterocycles. The molecule has 0 saturated carbocycles. The Kier molecular flexibility index (Phi) is 2.79. The summed E-state index contributed by atoms with van der Waals surface area (Å²) < 4.78 is 11.9. The minimum Gasteiger partial charge on any atom is -0.611 e. The first-order chi connectivity index (χ1) is 6.70. The number of nitrogens with zero attached hydrogens (tertiary/aromatic N) is 1. The Labute approximate surface area is 87.9 Å². The summed E-state index contributed by atoms with van der Waals surface area (Å²) in [4.78, 5) is 5.37. The maximum absolute atomic E-state index is 11.9. The number of hydrogen-bond donors (Lipinski definition) is 0. The van der Waals surface area contributed by atoms with Gasteiger partial charge in [-0.05, 0) is 30.1 Å². The van der Waals surface area contributed by atoms with E-state index in [4.69, 9.17) is 0 Å². The Morgan fingerprint density at radius 2 is 2.29 bits per heavy atom. The van der Waals surface area contributed by atoms with E-state index in [9.17, 15) is 4.55 Å². The highest BCUT2D eigenvalue weighted by Gasteiger charge is 2.26. The van der Waals surface area contributed by atoms with Crippen molar-refractivity contribution >= 4 is 11.2 Å². The van der Waals surface area contributed by atoms with Gasteiger partial charge in [-0.25, -0.2) is 0 Å². The second kappa shape index (κ2) is 3.91. The molecule has 0 radical (unpaired) electrons. The second-order valence-corrected chi connectivity index (χ2v) is 5.50. The van der Waals surface area contributed by atoms with Gasteiger partial charge >= 0.3 is 0 Å². The van der Waals surface area contributed by atoms with Gasteiger partial charge in [0.05, 0.1) is 5.69 Å². The standard InChI is InChI=1S/C11H15NOS/c1-8(2)10-11-9(5-6-12-10)4-3-7-14(11)13/h5-6,8H,3-4,7H2,1-2H3. The molecule has 2 nitrogen and oxygen atoms in total. The van der Waals surface area contributed by atoms with E-state index >= 15 is 0 Å². The molecule has 1 aromatic rings. The quantitative estimate of drug-likeness (QED) is 0.665. The predicted octanol–water partition coefficient (Wildman–Crippen LogP) is 2.26. The molecule has 1 unspecified atom stereocenters. The predicted molar refractivity (Wildman–Crippen MR) is 57.9 cm³/mol. The van der Waals surface area contributed by atoms with E-state index in [1.807, 2.05) is 12.3 Å². The Bertz CT molecular complexity index is 338. The molecule has 0 aliphatic carbocycles. The summed E-state index contributed by atoms with van der Waals surface area (Å²) in [5.74, 6) is 1.17. The highest BCUT2D eigenvalue weighted by molar-refractivity contribution is 7.91. The van der Waals surface area contributed by atoms with Crippen molar-refractivity contribution < 1.29 is 4.55 Å². The van der Waals surface area contributed by atoms with Crippen LogP contribution >= 0.6 is 0 Å². The van der Waals surface area contributed by atoms with Crippen LogP contribution < -0.4 is 0 Å². The summed E-state index contributed by atoms with van der Waals surface area (Å²) in [5, 5.41) is 0. The average Bonchev–Trinajstić information content (AvgIpc) is 2.17. The van der Waals surface area contributed by atoms with Gasteiger partial charge in [0.2, 0.25) is 0 Å². The first kappa shape index (κ1) is 9.99. The van der Waals surface area contributed by atoms with Crippen LogP contribution in [0.4, 0.5) is 0 Å². The van der Waals surface area contributed by atoms with Crippen molar-refractivity contribution in [1.82, 2.24) is 4.98 Å². The molecule has 0 aromatic carbocycles. The van der Waals surface area contributed by atoms with Gasteiger partial charge in [-0.2, -0.15) is 0 Å². The number of pyridine rings is 1. The Balaban J connectivity index is 2.52. The number of aromatic nitrogens is 1. The maximum atomic E-state index is 11.9. The zero-order chi connectivity index (χ0) is 10.1. The molecule has 76 valence electrons. The van der Waals surface area contributed by atoms with Crippen LogP contribution in [0.2, 0.25) is 0 Å². The number of rotatable bonds is 1. The van der Waals surface area contributed by atoms with Gasteiger partial charge in [-0.15, -0.1) is 0 Å². The minimum atomic E-state index is -0.810. The Morgan fingerprint density at radius 3 is 3.00 bits per heavy atom. The summed E-state index contributed by atoms with van der Waals surface area (Å²) in [7, 11) is 0. The van der Waals surface area contributed by atoms with E-state index < -0.39 is 11.2 Å². The smallest absolute Gasteiger partial charge is 0.177 e. The SMILES string of the molecule is CC(C)c1nccc2c1[S+]([O-])CCC2. The normalized spacial score (nSPS) is 21.0. The van der Waals surface area contributed by atoms with E-state index in [-0.39, 0.29) is 0 Å². The summed E-state index contributed by atoms with van der Waals surface area (Å²) in [6.07, 6.45) is 3.95. The summed E-state index contributed by atoms with van der Waals surface area (Å²) >= 11 is -0.810. The van der Waals surface area contributed by atoms with Gasteiger partial charge in [0.25, 0.3) is 0 Å². The summed E-state index contributed by atoms with van der Waals surface area (Å²) in [6.45, 7) is 4.21. The molecule has 0 amide bonds. The third-order valence-corrected chi connectivity index (χ3v) is 4.15. The molecule has 1 aromatic heterocycles. The van der Waals surface area contributed by atoms with Crippen LogP contribution in [0.25, 0.3) is 0 Å². The third kappa shape index (κ3) is 1.66. The van der Waals surface area contributed by atoms with Crippen molar-refractivity contribution in [2.24, 2.45) is 0 Å². The van der Waals surface area contributed by atoms with Crippen LogP contribution in [-0.4, -0.2) is 15.3 Å². The molecule has 0 N–H and O–H groups in total. The average molecular weight is 209 g/mol. The molecular weight excluding hydrogens is 194 g/mol. The maximum Gasteiger partial charge on any atom is 0.177 e. The molecular formula is C11H15NOS. The lowest BCUT2D eigenvalue weighted by molar-refractivity contribution is 0.580. The Morgan fingerprint density at radius 1 is 1.50 bits per heavy atom. The summed E-state index contributed by atoms with van der Waals surface area (Å²) in [5.41, 5.74) is 2.27. The fraction of sp³-hybridized carbons (Fsp3) is 0.545. The van der Waals surface area contributed by atoms with Gasteiger partial charge in [0.1, 0.15) is 5.75 Å². The van der Waals surface area contributed by atoms with Gasteiger partial charge in [-0.1, -0.05) is 13.8 Å². The number of fused-ring (bicyclic) bond motifs is 1. The van der Waals surface area contributed by atoms with Crippen LogP contribution in [0.3, 0.4) is 0 Å². The first-order valence-corrected chi connectivity index (χ1v) is 6.38. The van der Waals surface area contributed by atoms with Crippen molar-refractivity contribution in [3.8, 4) is 0 Å². The van der Waals surface area contributed by atoms with Gasteiger partial charge < -0.3 is 4.55 Å². The molecule has 0 bridgehead atoms. The molecule has 1 aliphatic heterocycles. The van der Waals surface area contributed by atoms with Gasteiger partial charge in [0.15, 0.2) is 4.90 Å². The summed E-state index contributed by atoms with van der Waals surface area (Å²) in [6, 6.07) is 2.01. The van der Waals surface area contributed by atoms with E-state index in [0.29, 0.717) is 5.92 Å². The van der Waals surface area contributed by atoms with Crippen molar-refractivity contribution in [2.75, 3.05) is 5.75 Å². The van der Waals surface area contributed by atoms with Crippen LogP contribution in [0.15, 0.2) is 17.2 Å². The highest BCUT2D eigenvalue weighted by Crippen LogP contribution is 2.30. The molecule has 14 heavy (non-hydrogen) atoms. The van der Waals surface area contributed by atoms with E-state index in [1.54, 1.807) is 0 Å². The van der Waals surface area contributed by atoms with Crippen LogP contribution in [0.1, 0.15) is 37.4 Å². The van der Waals surface area contributed by atoms with E-state index in [2.05, 4.69) is 18.8 Å². The highest BCUT2D eigenvalue weighted by atomic mass is 32.2. The lowest BCUT2D eigenvalue weighted by atomic mass is 10.0. The van der Waals surface area contributed by atoms with Crippen molar-refractivity contribution in [1.29, 1.82) is 0 Å². The van der Waals surface area contributed by atoms with E-state index in [0.717, 1.165) is 29.2 Å². The zero-order valence-electron chi connectivity index (χ0n) is 8.62. The van der Waals surface area contributed by atoms with Crippen LogP contribution in [0.5, 0.6) is 0 Å². The van der Waals surface area contributed by atoms with Crippen molar-refractivity contribution in [3.05, 3.63) is 23.5 Å². The van der Waals surface area contributed by atoms with Gasteiger partial charge in [-0.3, -0.25) is 4.98 Å². The fourth-order valence-corrected chi connectivity index (χ4v) is 3.47. The third-order valence-electron chi connectivity index (χ3n) is 2.56. The topological polar surface area (TPSA) is 36.0 Å². The molecule has 0 fully saturated rings. The van der Waals surface area contributed by atoms with Crippen molar-refractivity contribution in [3.63, 3.8) is 0 Å². The molecule has 0 spiro atoms. The molecule has 0 saturated heterocycles. The minimum absolute atomic E-state index is 0.368. The fourth-order valence-electron chi connectivity index (χ4n) is 1.87.